The molecule has 0 aliphatic carbocycles. The van der Waals surface area contributed by atoms with E-state index < -0.39 is 0 Å². The van der Waals surface area contributed by atoms with Crippen LogP contribution in [0.15, 0.2) is 18.2 Å². The summed E-state index contributed by atoms with van der Waals surface area (Å²) in [5, 5.41) is 0. The Balaban J connectivity index is 2.14. The van der Waals surface area contributed by atoms with E-state index >= 15 is 0 Å². The molecule has 0 aromatic heterocycles. The number of hydrogen-bond acceptors (Lipinski definition) is 2. The summed E-state index contributed by atoms with van der Waals surface area (Å²) in [6, 6.07) is 5.82. The van der Waals surface area contributed by atoms with Gasteiger partial charge in [-0.3, -0.25) is 9.59 Å². The van der Waals surface area contributed by atoms with E-state index in [1.165, 1.54) is 11.1 Å². The van der Waals surface area contributed by atoms with Gasteiger partial charge in [-0.05, 0) is 43.9 Å². The molecule has 1 saturated heterocycles. The van der Waals surface area contributed by atoms with Gasteiger partial charge in [-0.2, -0.15) is 0 Å². The van der Waals surface area contributed by atoms with Crippen LogP contribution in [0.5, 0.6) is 0 Å². The third kappa shape index (κ3) is 3.26. The number of amides is 2. The molecule has 0 radical (unpaired) electrons. The highest BCUT2D eigenvalue weighted by atomic mass is 16.2. The normalized spacial score (nSPS) is 19.3. The summed E-state index contributed by atoms with van der Waals surface area (Å²) >= 11 is 0. The number of nitrogens with zero attached hydrogens (tertiary/aromatic N) is 2. The van der Waals surface area contributed by atoms with Crippen LogP contribution in [-0.4, -0.2) is 40.7 Å². The lowest BCUT2D eigenvalue weighted by Crippen LogP contribution is -2.58. The van der Waals surface area contributed by atoms with E-state index in [0.29, 0.717) is 13.1 Å². The third-order valence-corrected chi connectivity index (χ3v) is 4.20. The smallest absolute Gasteiger partial charge is 0.245 e. The lowest BCUT2D eigenvalue weighted by molar-refractivity contribution is -0.155. The maximum atomic E-state index is 12.3. The SMILES string of the molecule is CCCN1CC(=O)N(Cc2ccc(C)c(C)c2)[C@H](C)C1=O. The average Bonchev–Trinajstić information content (AvgIpc) is 2.45. The zero-order chi connectivity index (χ0) is 15.6. The standard InChI is InChI=1S/C17H24N2O2/c1-5-8-18-11-16(20)19(14(4)17(18)21)10-15-7-6-12(2)13(3)9-15/h6-7,9,14H,5,8,10-11H2,1-4H3/t14-/m1/s1. The summed E-state index contributed by atoms with van der Waals surface area (Å²) in [5.74, 6) is 0.0917. The highest BCUT2D eigenvalue weighted by Gasteiger charge is 2.35. The Bertz CT molecular complexity index is 554. The molecule has 1 heterocycles. The van der Waals surface area contributed by atoms with E-state index in [4.69, 9.17) is 0 Å². The molecule has 21 heavy (non-hydrogen) atoms. The van der Waals surface area contributed by atoms with Gasteiger partial charge < -0.3 is 9.80 Å². The summed E-state index contributed by atoms with van der Waals surface area (Å²) in [4.78, 5) is 28.0. The van der Waals surface area contributed by atoms with Crippen molar-refractivity contribution in [3.05, 3.63) is 34.9 Å². The Kier molecular flexibility index (Phi) is 4.66. The Labute approximate surface area is 126 Å². The molecular weight excluding hydrogens is 264 g/mol. The second kappa shape index (κ2) is 6.29. The van der Waals surface area contributed by atoms with Gasteiger partial charge in [0.15, 0.2) is 0 Å². The second-order valence-corrected chi connectivity index (χ2v) is 5.88. The number of benzene rings is 1. The molecule has 114 valence electrons. The monoisotopic (exact) mass is 288 g/mol. The summed E-state index contributed by atoms with van der Waals surface area (Å²) in [5.41, 5.74) is 3.53. The minimum Gasteiger partial charge on any atom is -0.332 e. The van der Waals surface area contributed by atoms with Crippen LogP contribution >= 0.6 is 0 Å². The molecule has 1 aromatic carbocycles. The highest BCUT2D eigenvalue weighted by molar-refractivity contribution is 5.94. The van der Waals surface area contributed by atoms with Gasteiger partial charge in [-0.1, -0.05) is 25.1 Å². The molecule has 0 spiro atoms. The molecule has 1 atom stereocenters. The second-order valence-electron chi connectivity index (χ2n) is 5.88. The molecule has 4 nitrogen and oxygen atoms in total. The first kappa shape index (κ1) is 15.5. The molecule has 0 saturated carbocycles. The van der Waals surface area contributed by atoms with Gasteiger partial charge >= 0.3 is 0 Å². The Morgan fingerprint density at radius 3 is 2.52 bits per heavy atom. The van der Waals surface area contributed by atoms with E-state index in [1.54, 1.807) is 9.80 Å². The average molecular weight is 288 g/mol. The Hall–Kier alpha value is -1.84. The fourth-order valence-electron chi connectivity index (χ4n) is 2.73. The number of rotatable bonds is 4. The van der Waals surface area contributed by atoms with Crippen molar-refractivity contribution in [3.63, 3.8) is 0 Å². The molecule has 0 unspecified atom stereocenters. The van der Waals surface area contributed by atoms with Gasteiger partial charge in [0.1, 0.15) is 6.04 Å². The van der Waals surface area contributed by atoms with Crippen molar-refractivity contribution in [1.29, 1.82) is 0 Å². The van der Waals surface area contributed by atoms with Gasteiger partial charge in [0.2, 0.25) is 11.8 Å². The minimum absolute atomic E-state index is 0.0359. The van der Waals surface area contributed by atoms with Crippen molar-refractivity contribution in [1.82, 2.24) is 9.80 Å². The molecule has 2 rings (SSSR count). The predicted octanol–water partition coefficient (Wildman–Crippen LogP) is 2.27. The minimum atomic E-state index is -0.376. The van der Waals surface area contributed by atoms with Crippen LogP contribution < -0.4 is 0 Å². The Morgan fingerprint density at radius 2 is 1.90 bits per heavy atom. The van der Waals surface area contributed by atoms with Gasteiger partial charge in [-0.15, -0.1) is 0 Å². The van der Waals surface area contributed by atoms with Crippen LogP contribution in [0.3, 0.4) is 0 Å². The highest BCUT2D eigenvalue weighted by Crippen LogP contribution is 2.18. The maximum absolute atomic E-state index is 12.3. The number of carbonyl (C=O) groups excluding carboxylic acids is 2. The van der Waals surface area contributed by atoms with Crippen LogP contribution in [-0.2, 0) is 16.1 Å². The van der Waals surface area contributed by atoms with E-state index in [0.717, 1.165) is 12.0 Å². The molecule has 1 aliphatic heterocycles. The van der Waals surface area contributed by atoms with E-state index in [9.17, 15) is 9.59 Å². The molecule has 2 amide bonds. The lowest BCUT2D eigenvalue weighted by Gasteiger charge is -2.38. The molecule has 1 aliphatic rings. The van der Waals surface area contributed by atoms with Crippen molar-refractivity contribution in [2.45, 2.75) is 46.7 Å². The van der Waals surface area contributed by atoms with Crippen LogP contribution in [0.1, 0.15) is 37.0 Å². The van der Waals surface area contributed by atoms with Crippen LogP contribution in [0, 0.1) is 13.8 Å². The number of piperazine rings is 1. The van der Waals surface area contributed by atoms with Gasteiger partial charge in [0.05, 0.1) is 6.54 Å². The fourth-order valence-corrected chi connectivity index (χ4v) is 2.73. The van der Waals surface area contributed by atoms with E-state index in [1.807, 2.05) is 19.9 Å². The van der Waals surface area contributed by atoms with Crippen molar-refractivity contribution in [2.75, 3.05) is 13.1 Å². The predicted molar refractivity (Wildman–Crippen MR) is 82.8 cm³/mol. The van der Waals surface area contributed by atoms with Crippen molar-refractivity contribution in [3.8, 4) is 0 Å². The first-order valence-corrected chi connectivity index (χ1v) is 7.58. The molecule has 4 heteroatoms. The number of carbonyl (C=O) groups is 2. The maximum Gasteiger partial charge on any atom is 0.245 e. The molecular formula is C17H24N2O2. The zero-order valence-corrected chi connectivity index (χ0v) is 13.3. The summed E-state index contributed by atoms with van der Waals surface area (Å²) in [7, 11) is 0. The first-order chi connectivity index (χ1) is 9.93. The summed E-state index contributed by atoms with van der Waals surface area (Å²) < 4.78 is 0. The van der Waals surface area contributed by atoms with Crippen LogP contribution in [0.2, 0.25) is 0 Å². The Morgan fingerprint density at radius 1 is 1.19 bits per heavy atom. The van der Waals surface area contributed by atoms with Crippen LogP contribution in [0.25, 0.3) is 0 Å². The van der Waals surface area contributed by atoms with E-state index in [-0.39, 0.29) is 24.4 Å². The van der Waals surface area contributed by atoms with Crippen molar-refractivity contribution >= 4 is 11.8 Å². The van der Waals surface area contributed by atoms with Crippen LogP contribution in [0.4, 0.5) is 0 Å². The number of aryl methyl sites for hydroxylation is 2. The van der Waals surface area contributed by atoms with Gasteiger partial charge in [-0.25, -0.2) is 0 Å². The number of hydrogen-bond donors (Lipinski definition) is 0. The first-order valence-electron chi connectivity index (χ1n) is 7.58. The largest absolute Gasteiger partial charge is 0.332 e. The summed E-state index contributed by atoms with van der Waals surface area (Å²) in [6.07, 6.45) is 0.878. The summed E-state index contributed by atoms with van der Waals surface area (Å²) in [6.45, 7) is 9.35. The molecule has 0 N–H and O–H groups in total. The van der Waals surface area contributed by atoms with Gasteiger partial charge in [0.25, 0.3) is 0 Å². The lowest BCUT2D eigenvalue weighted by atomic mass is 10.0. The quantitative estimate of drug-likeness (QED) is 0.853. The van der Waals surface area contributed by atoms with Crippen molar-refractivity contribution in [2.24, 2.45) is 0 Å². The molecule has 1 fully saturated rings. The zero-order valence-electron chi connectivity index (χ0n) is 13.3. The van der Waals surface area contributed by atoms with E-state index in [2.05, 4.69) is 26.0 Å². The van der Waals surface area contributed by atoms with Gasteiger partial charge in [0, 0.05) is 13.1 Å². The topological polar surface area (TPSA) is 40.6 Å². The fraction of sp³-hybridized carbons (Fsp3) is 0.529. The molecule has 0 bridgehead atoms. The molecule has 1 aromatic rings. The third-order valence-electron chi connectivity index (χ3n) is 4.20. The van der Waals surface area contributed by atoms with Crippen molar-refractivity contribution < 1.29 is 9.59 Å².